The molecule has 128 valence electrons. The minimum atomic E-state index is -0.0748. The minimum absolute atomic E-state index is 0.0741. The maximum Gasteiger partial charge on any atom is 0.196 e. The van der Waals surface area contributed by atoms with Crippen LogP contribution < -0.4 is 5.32 Å². The molecule has 4 rings (SSSR count). The van der Waals surface area contributed by atoms with Gasteiger partial charge in [-0.1, -0.05) is 36.4 Å². The van der Waals surface area contributed by atoms with Gasteiger partial charge in [0.2, 0.25) is 0 Å². The first-order valence-corrected chi connectivity index (χ1v) is 8.61. The average molecular weight is 335 g/mol. The molecule has 0 unspecified atom stereocenters. The van der Waals surface area contributed by atoms with Gasteiger partial charge in [0, 0.05) is 48.6 Å². The van der Waals surface area contributed by atoms with E-state index in [0.717, 1.165) is 38.5 Å². The Balaban J connectivity index is 1.57. The maximum atomic E-state index is 12.9. The molecule has 2 aromatic carbocycles. The molecule has 25 heavy (non-hydrogen) atoms. The number of benzene rings is 2. The van der Waals surface area contributed by atoms with E-state index >= 15 is 0 Å². The molecule has 0 saturated carbocycles. The summed E-state index contributed by atoms with van der Waals surface area (Å²) in [6, 6.07) is 12.5. The lowest BCUT2D eigenvalue weighted by Gasteiger charge is -2.21. The van der Waals surface area contributed by atoms with Crippen molar-refractivity contribution in [1.82, 2.24) is 9.80 Å². The smallest absolute Gasteiger partial charge is 0.196 e. The highest BCUT2D eigenvalue weighted by Crippen LogP contribution is 2.31. The predicted molar refractivity (Wildman–Crippen MR) is 97.3 cm³/mol. The quantitative estimate of drug-likeness (QED) is 0.791. The van der Waals surface area contributed by atoms with Crippen LogP contribution in [0.15, 0.2) is 42.5 Å². The zero-order valence-corrected chi connectivity index (χ0v) is 14.3. The van der Waals surface area contributed by atoms with Crippen molar-refractivity contribution in [1.29, 1.82) is 0 Å². The Morgan fingerprint density at radius 3 is 2.36 bits per heavy atom. The van der Waals surface area contributed by atoms with E-state index in [1.165, 1.54) is 0 Å². The fraction of sp³-hybridized carbons (Fsp3) is 0.300. The van der Waals surface area contributed by atoms with Crippen LogP contribution in [0.25, 0.3) is 0 Å². The Morgan fingerprint density at radius 1 is 0.920 bits per heavy atom. The SMILES string of the molecule is CN1CCN(CCNc2cccc3c2C(=O)c2ccccc2C3=O)C1. The van der Waals surface area contributed by atoms with Crippen molar-refractivity contribution in [2.45, 2.75) is 0 Å². The first-order valence-electron chi connectivity index (χ1n) is 8.61. The molecule has 2 aromatic rings. The number of hydrogen-bond acceptors (Lipinski definition) is 5. The van der Waals surface area contributed by atoms with E-state index < -0.39 is 0 Å². The van der Waals surface area contributed by atoms with Crippen LogP contribution >= 0.6 is 0 Å². The van der Waals surface area contributed by atoms with Gasteiger partial charge in [-0.15, -0.1) is 0 Å². The van der Waals surface area contributed by atoms with E-state index in [2.05, 4.69) is 22.2 Å². The van der Waals surface area contributed by atoms with Crippen molar-refractivity contribution in [3.05, 3.63) is 64.7 Å². The fourth-order valence-electron chi connectivity index (χ4n) is 3.62. The molecule has 0 bridgehead atoms. The first-order chi connectivity index (χ1) is 12.1. The van der Waals surface area contributed by atoms with E-state index in [9.17, 15) is 9.59 Å². The Morgan fingerprint density at radius 2 is 1.64 bits per heavy atom. The number of nitrogens with one attached hydrogen (secondary N) is 1. The largest absolute Gasteiger partial charge is 0.383 e. The summed E-state index contributed by atoms with van der Waals surface area (Å²) in [7, 11) is 2.11. The van der Waals surface area contributed by atoms with E-state index in [-0.39, 0.29) is 11.6 Å². The monoisotopic (exact) mass is 335 g/mol. The molecule has 0 spiro atoms. The summed E-state index contributed by atoms with van der Waals surface area (Å²) in [5, 5.41) is 3.36. The second-order valence-corrected chi connectivity index (χ2v) is 6.70. The first kappa shape index (κ1) is 16.0. The third kappa shape index (κ3) is 2.86. The van der Waals surface area contributed by atoms with Crippen LogP contribution in [-0.2, 0) is 0 Å². The van der Waals surface area contributed by atoms with Gasteiger partial charge in [-0.2, -0.15) is 0 Å². The third-order valence-corrected chi connectivity index (χ3v) is 4.94. The molecule has 1 fully saturated rings. The molecule has 1 saturated heterocycles. The Hall–Kier alpha value is -2.50. The van der Waals surface area contributed by atoms with Gasteiger partial charge in [0.05, 0.1) is 12.2 Å². The maximum absolute atomic E-state index is 12.9. The normalized spacial score (nSPS) is 17.5. The summed E-state index contributed by atoms with van der Waals surface area (Å²) in [5.41, 5.74) is 2.74. The van der Waals surface area contributed by atoms with Gasteiger partial charge in [0.1, 0.15) is 0 Å². The number of rotatable bonds is 4. The van der Waals surface area contributed by atoms with Gasteiger partial charge < -0.3 is 5.32 Å². The van der Waals surface area contributed by atoms with Crippen LogP contribution in [0, 0.1) is 0 Å². The number of carbonyl (C=O) groups excluding carboxylic acids is 2. The molecule has 0 amide bonds. The van der Waals surface area contributed by atoms with Gasteiger partial charge >= 0.3 is 0 Å². The number of likely N-dealkylation sites (N-methyl/N-ethyl adjacent to an activating group) is 1. The zero-order chi connectivity index (χ0) is 17.4. The van der Waals surface area contributed by atoms with Gasteiger partial charge in [-0.3, -0.25) is 19.4 Å². The van der Waals surface area contributed by atoms with Gasteiger partial charge in [-0.25, -0.2) is 0 Å². The second kappa shape index (κ2) is 6.43. The van der Waals surface area contributed by atoms with Crippen molar-refractivity contribution in [3.8, 4) is 0 Å². The van der Waals surface area contributed by atoms with Crippen LogP contribution in [0.2, 0.25) is 0 Å². The fourth-order valence-corrected chi connectivity index (χ4v) is 3.62. The molecule has 0 radical (unpaired) electrons. The summed E-state index contributed by atoms with van der Waals surface area (Å²) in [5.74, 6) is -0.149. The van der Waals surface area contributed by atoms with Crippen molar-refractivity contribution in [3.63, 3.8) is 0 Å². The summed E-state index contributed by atoms with van der Waals surface area (Å²) < 4.78 is 0. The molecule has 5 heteroatoms. The number of hydrogen-bond donors (Lipinski definition) is 1. The van der Waals surface area contributed by atoms with Crippen LogP contribution in [0.1, 0.15) is 31.8 Å². The van der Waals surface area contributed by atoms with Crippen LogP contribution in [0.3, 0.4) is 0 Å². The van der Waals surface area contributed by atoms with Gasteiger partial charge in [-0.05, 0) is 13.1 Å². The van der Waals surface area contributed by atoms with E-state index in [1.807, 2.05) is 12.1 Å². The Labute approximate surface area is 147 Å². The molecule has 1 aliphatic carbocycles. The number of nitrogens with zero attached hydrogens (tertiary/aromatic N) is 2. The van der Waals surface area contributed by atoms with Crippen LogP contribution in [-0.4, -0.2) is 61.3 Å². The summed E-state index contributed by atoms with van der Waals surface area (Å²) in [6.07, 6.45) is 0. The minimum Gasteiger partial charge on any atom is -0.383 e. The van der Waals surface area contributed by atoms with Gasteiger partial charge in [0.15, 0.2) is 11.6 Å². The summed E-state index contributed by atoms with van der Waals surface area (Å²) >= 11 is 0. The molecule has 2 aliphatic rings. The highest BCUT2D eigenvalue weighted by Gasteiger charge is 2.31. The van der Waals surface area contributed by atoms with Crippen molar-refractivity contribution < 1.29 is 9.59 Å². The molecule has 1 heterocycles. The predicted octanol–water partition coefficient (Wildman–Crippen LogP) is 2.08. The highest BCUT2D eigenvalue weighted by molar-refractivity contribution is 6.30. The lowest BCUT2D eigenvalue weighted by Crippen LogP contribution is -2.29. The van der Waals surface area contributed by atoms with E-state index in [1.54, 1.807) is 30.3 Å². The molecule has 1 N–H and O–H groups in total. The standard InChI is InChI=1S/C20H21N3O2/c1-22-11-12-23(13-22)10-9-21-17-8-4-7-16-18(17)20(25)15-6-3-2-5-14(15)19(16)24/h2-8,21H,9-13H2,1H3. The lowest BCUT2D eigenvalue weighted by atomic mass is 9.83. The number of fused-ring (bicyclic) bond motifs is 2. The van der Waals surface area contributed by atoms with E-state index in [4.69, 9.17) is 0 Å². The van der Waals surface area contributed by atoms with Crippen molar-refractivity contribution >= 4 is 17.3 Å². The summed E-state index contributed by atoms with van der Waals surface area (Å²) in [6.45, 7) is 4.78. The Kier molecular flexibility index (Phi) is 4.11. The average Bonchev–Trinajstić information content (AvgIpc) is 3.05. The van der Waals surface area contributed by atoms with Crippen LogP contribution in [0.4, 0.5) is 5.69 Å². The molecular weight excluding hydrogens is 314 g/mol. The molecular formula is C20H21N3O2. The Bertz CT molecular complexity index is 847. The number of ketones is 2. The third-order valence-electron chi connectivity index (χ3n) is 4.94. The number of anilines is 1. The lowest BCUT2D eigenvalue weighted by molar-refractivity contribution is 0.0979. The molecule has 0 aromatic heterocycles. The summed E-state index contributed by atoms with van der Waals surface area (Å²) in [4.78, 5) is 30.3. The van der Waals surface area contributed by atoms with Gasteiger partial charge in [0.25, 0.3) is 0 Å². The molecule has 5 nitrogen and oxygen atoms in total. The van der Waals surface area contributed by atoms with E-state index in [0.29, 0.717) is 22.3 Å². The zero-order valence-electron chi connectivity index (χ0n) is 14.3. The topological polar surface area (TPSA) is 52.6 Å². The highest BCUT2D eigenvalue weighted by atomic mass is 16.1. The van der Waals surface area contributed by atoms with Crippen molar-refractivity contribution in [2.75, 3.05) is 45.2 Å². The second-order valence-electron chi connectivity index (χ2n) is 6.70. The number of carbonyl (C=O) groups is 2. The van der Waals surface area contributed by atoms with Crippen molar-refractivity contribution in [2.24, 2.45) is 0 Å². The molecule has 1 aliphatic heterocycles. The molecule has 0 atom stereocenters. The van der Waals surface area contributed by atoms with Crippen LogP contribution in [0.5, 0.6) is 0 Å².